The van der Waals surface area contributed by atoms with Gasteiger partial charge < -0.3 is 5.32 Å². The molecule has 0 aliphatic carbocycles. The molecule has 1 N–H and O–H groups in total. The van der Waals surface area contributed by atoms with E-state index in [2.05, 4.69) is 68.0 Å². The highest BCUT2D eigenvalue weighted by Crippen LogP contribution is 2.27. The minimum atomic E-state index is -0.0953. The Morgan fingerprint density at radius 2 is 2.08 bits per heavy atom. The van der Waals surface area contributed by atoms with Crippen LogP contribution in [-0.4, -0.2) is 41.5 Å². The van der Waals surface area contributed by atoms with Crippen molar-refractivity contribution in [1.82, 2.24) is 15.2 Å². The van der Waals surface area contributed by atoms with Gasteiger partial charge >= 0.3 is 0 Å². The van der Waals surface area contributed by atoms with Crippen molar-refractivity contribution in [2.75, 3.05) is 19.6 Å². The van der Waals surface area contributed by atoms with Gasteiger partial charge in [0.15, 0.2) is 0 Å². The lowest BCUT2D eigenvalue weighted by Gasteiger charge is -2.24. The fourth-order valence-electron chi connectivity index (χ4n) is 2.74. The van der Waals surface area contributed by atoms with Crippen LogP contribution in [-0.2, 0) is 0 Å². The summed E-state index contributed by atoms with van der Waals surface area (Å²) < 4.78 is 0. The molecule has 0 saturated heterocycles. The lowest BCUT2D eigenvalue weighted by atomic mass is 10.1. The molecule has 0 aliphatic rings. The zero-order valence-electron chi connectivity index (χ0n) is 15.2. The van der Waals surface area contributed by atoms with E-state index in [1.54, 1.807) is 0 Å². The summed E-state index contributed by atoms with van der Waals surface area (Å²) in [7, 11) is 0. The highest BCUT2D eigenvalue weighted by Gasteiger charge is 2.13. The maximum Gasteiger partial charge on any atom is 0.270 e. The first-order valence-corrected chi connectivity index (χ1v) is 9.35. The monoisotopic (exact) mass is 345 g/mol. The molecule has 24 heavy (non-hydrogen) atoms. The molecule has 0 fully saturated rings. The lowest BCUT2D eigenvalue weighted by Crippen LogP contribution is -2.38. The van der Waals surface area contributed by atoms with Crippen molar-refractivity contribution < 1.29 is 4.79 Å². The van der Waals surface area contributed by atoms with Gasteiger partial charge in [-0.15, -0.1) is 11.3 Å². The molecule has 0 bridgehead atoms. The zero-order chi connectivity index (χ0) is 17.7. The van der Waals surface area contributed by atoms with Gasteiger partial charge in [0.2, 0.25) is 0 Å². The van der Waals surface area contributed by atoms with Crippen molar-refractivity contribution >= 4 is 17.2 Å². The standard InChI is InChI=1S/C19H27N3OS/c1-6-22(13(2)3)10-9-20-18(23)17-12-24-19(21-17)16-8-7-14(4)11-15(16)5/h7-8,11-13H,6,9-10H2,1-5H3,(H,20,23). The van der Waals surface area contributed by atoms with Gasteiger partial charge in [-0.25, -0.2) is 4.98 Å². The smallest absolute Gasteiger partial charge is 0.270 e. The van der Waals surface area contributed by atoms with Crippen LogP contribution in [0.3, 0.4) is 0 Å². The molecule has 0 unspecified atom stereocenters. The highest BCUT2D eigenvalue weighted by atomic mass is 32.1. The molecule has 130 valence electrons. The third-order valence-corrected chi connectivity index (χ3v) is 5.05. The Morgan fingerprint density at radius 1 is 1.33 bits per heavy atom. The van der Waals surface area contributed by atoms with Gasteiger partial charge in [-0.05, 0) is 39.8 Å². The number of aromatic nitrogens is 1. The minimum Gasteiger partial charge on any atom is -0.349 e. The number of carbonyl (C=O) groups is 1. The van der Waals surface area contributed by atoms with Crippen LogP contribution in [0.2, 0.25) is 0 Å². The number of nitrogens with zero attached hydrogens (tertiary/aromatic N) is 2. The Labute approximate surface area is 148 Å². The Bertz CT molecular complexity index is 694. The van der Waals surface area contributed by atoms with Gasteiger partial charge in [0.05, 0.1) is 0 Å². The van der Waals surface area contributed by atoms with Crippen LogP contribution in [0, 0.1) is 13.8 Å². The first-order chi connectivity index (χ1) is 11.4. The summed E-state index contributed by atoms with van der Waals surface area (Å²) in [5.41, 5.74) is 4.02. The second-order valence-corrected chi connectivity index (χ2v) is 7.19. The average Bonchev–Trinajstić information content (AvgIpc) is 3.00. The van der Waals surface area contributed by atoms with Gasteiger partial charge in [0, 0.05) is 30.1 Å². The molecule has 1 amide bonds. The van der Waals surface area contributed by atoms with E-state index in [1.807, 2.05) is 5.38 Å². The molecule has 5 heteroatoms. The second kappa shape index (κ2) is 8.40. The number of aryl methyl sites for hydroxylation is 2. The summed E-state index contributed by atoms with van der Waals surface area (Å²) in [6, 6.07) is 6.78. The van der Waals surface area contributed by atoms with Crippen molar-refractivity contribution in [3.8, 4) is 10.6 Å². The number of carbonyl (C=O) groups excluding carboxylic acids is 1. The van der Waals surface area contributed by atoms with E-state index < -0.39 is 0 Å². The molecule has 1 aromatic heterocycles. The highest BCUT2D eigenvalue weighted by molar-refractivity contribution is 7.13. The maximum atomic E-state index is 12.3. The molecular formula is C19H27N3OS. The number of nitrogens with one attached hydrogen (secondary N) is 1. The predicted molar refractivity (Wildman–Crippen MR) is 102 cm³/mol. The minimum absolute atomic E-state index is 0.0953. The van der Waals surface area contributed by atoms with Crippen molar-refractivity contribution in [1.29, 1.82) is 0 Å². The number of thiazole rings is 1. The van der Waals surface area contributed by atoms with Crippen molar-refractivity contribution in [2.24, 2.45) is 0 Å². The lowest BCUT2D eigenvalue weighted by molar-refractivity contribution is 0.0941. The molecule has 0 spiro atoms. The SMILES string of the molecule is CCN(CCNC(=O)c1csc(-c2ccc(C)cc2C)n1)C(C)C. The van der Waals surface area contributed by atoms with E-state index >= 15 is 0 Å². The van der Waals surface area contributed by atoms with Crippen molar-refractivity contribution in [3.05, 3.63) is 40.4 Å². The molecule has 0 aliphatic heterocycles. The van der Waals surface area contributed by atoms with Crippen molar-refractivity contribution in [2.45, 2.75) is 40.7 Å². The summed E-state index contributed by atoms with van der Waals surface area (Å²) in [6.45, 7) is 13.1. The first-order valence-electron chi connectivity index (χ1n) is 8.47. The summed E-state index contributed by atoms with van der Waals surface area (Å²) in [5, 5.41) is 5.71. The van der Waals surface area contributed by atoms with E-state index in [0.29, 0.717) is 18.3 Å². The van der Waals surface area contributed by atoms with Crippen LogP contribution >= 0.6 is 11.3 Å². The molecule has 0 radical (unpaired) electrons. The molecule has 1 heterocycles. The van der Waals surface area contributed by atoms with Crippen LogP contribution in [0.5, 0.6) is 0 Å². The summed E-state index contributed by atoms with van der Waals surface area (Å²) >= 11 is 1.52. The Balaban J connectivity index is 1.98. The molecule has 1 aromatic carbocycles. The molecule has 4 nitrogen and oxygen atoms in total. The van der Waals surface area contributed by atoms with E-state index in [-0.39, 0.29) is 5.91 Å². The van der Waals surface area contributed by atoms with Gasteiger partial charge in [-0.3, -0.25) is 9.69 Å². The molecule has 2 aromatic rings. The summed E-state index contributed by atoms with van der Waals surface area (Å²) in [4.78, 5) is 19.1. The fraction of sp³-hybridized carbons (Fsp3) is 0.474. The zero-order valence-corrected chi connectivity index (χ0v) is 16.0. The number of likely N-dealkylation sites (N-methyl/N-ethyl adjacent to an activating group) is 1. The normalized spacial score (nSPS) is 11.3. The van der Waals surface area contributed by atoms with Crippen LogP contribution < -0.4 is 5.32 Å². The van der Waals surface area contributed by atoms with Crippen LogP contribution in [0.1, 0.15) is 42.4 Å². The average molecular weight is 346 g/mol. The second-order valence-electron chi connectivity index (χ2n) is 6.33. The number of amides is 1. The quantitative estimate of drug-likeness (QED) is 0.828. The van der Waals surface area contributed by atoms with Crippen LogP contribution in [0.4, 0.5) is 0 Å². The third-order valence-electron chi connectivity index (χ3n) is 4.17. The van der Waals surface area contributed by atoms with E-state index in [1.165, 1.54) is 22.5 Å². The molecule has 0 atom stereocenters. The molecule has 2 rings (SSSR count). The van der Waals surface area contributed by atoms with Gasteiger partial charge in [0.1, 0.15) is 10.7 Å². The van der Waals surface area contributed by atoms with Crippen molar-refractivity contribution in [3.63, 3.8) is 0 Å². The van der Waals surface area contributed by atoms with Crippen LogP contribution in [0.15, 0.2) is 23.6 Å². The Hall–Kier alpha value is -1.72. The largest absolute Gasteiger partial charge is 0.349 e. The number of hydrogen-bond donors (Lipinski definition) is 1. The Morgan fingerprint density at radius 3 is 2.71 bits per heavy atom. The third kappa shape index (κ3) is 4.65. The first kappa shape index (κ1) is 18.6. The van der Waals surface area contributed by atoms with E-state index in [9.17, 15) is 4.79 Å². The summed E-state index contributed by atoms with van der Waals surface area (Å²) in [6.07, 6.45) is 0. The summed E-state index contributed by atoms with van der Waals surface area (Å²) in [5.74, 6) is -0.0953. The van der Waals surface area contributed by atoms with Gasteiger partial charge in [-0.1, -0.05) is 30.7 Å². The topological polar surface area (TPSA) is 45.2 Å². The maximum absolute atomic E-state index is 12.3. The fourth-order valence-corrected chi connectivity index (χ4v) is 3.63. The number of benzene rings is 1. The number of hydrogen-bond acceptors (Lipinski definition) is 4. The predicted octanol–water partition coefficient (Wildman–Crippen LogP) is 3.89. The van der Waals surface area contributed by atoms with Crippen LogP contribution in [0.25, 0.3) is 10.6 Å². The van der Waals surface area contributed by atoms with E-state index in [4.69, 9.17) is 0 Å². The number of rotatable bonds is 7. The molecular weight excluding hydrogens is 318 g/mol. The Kier molecular flexibility index (Phi) is 6.52. The molecule has 0 saturated carbocycles. The van der Waals surface area contributed by atoms with Gasteiger partial charge in [-0.2, -0.15) is 0 Å². The van der Waals surface area contributed by atoms with E-state index in [0.717, 1.165) is 23.7 Å². The van der Waals surface area contributed by atoms with Gasteiger partial charge in [0.25, 0.3) is 5.91 Å².